The lowest BCUT2D eigenvalue weighted by Gasteiger charge is -2.17. The molecule has 23 heavy (non-hydrogen) atoms. The summed E-state index contributed by atoms with van der Waals surface area (Å²) in [6, 6.07) is 6.55. The molecule has 1 aliphatic rings. The van der Waals surface area contributed by atoms with Crippen LogP contribution in [0.1, 0.15) is 38.2 Å². The van der Waals surface area contributed by atoms with Crippen molar-refractivity contribution in [2.75, 3.05) is 20.8 Å². The minimum atomic E-state index is 0. The van der Waals surface area contributed by atoms with E-state index >= 15 is 0 Å². The maximum atomic E-state index is 5.54. The van der Waals surface area contributed by atoms with Crippen LogP contribution in [0.3, 0.4) is 0 Å². The summed E-state index contributed by atoms with van der Waals surface area (Å²) < 4.78 is 10.9. The van der Waals surface area contributed by atoms with Gasteiger partial charge in [-0.2, -0.15) is 0 Å². The minimum absolute atomic E-state index is 0. The molecule has 0 aromatic heterocycles. The van der Waals surface area contributed by atoms with E-state index in [9.17, 15) is 0 Å². The summed E-state index contributed by atoms with van der Waals surface area (Å²) in [5.41, 5.74) is 1.13. The van der Waals surface area contributed by atoms with Crippen molar-refractivity contribution in [3.63, 3.8) is 0 Å². The average Bonchev–Trinajstić information content (AvgIpc) is 3.05. The lowest BCUT2D eigenvalue weighted by Crippen LogP contribution is -2.41. The highest BCUT2D eigenvalue weighted by atomic mass is 127. The van der Waals surface area contributed by atoms with Crippen molar-refractivity contribution >= 4 is 29.9 Å². The van der Waals surface area contributed by atoms with Gasteiger partial charge in [0.25, 0.3) is 0 Å². The third-order valence-corrected chi connectivity index (χ3v) is 3.91. The first-order chi connectivity index (χ1) is 10.8. The van der Waals surface area contributed by atoms with Crippen LogP contribution in [0.25, 0.3) is 0 Å². The van der Waals surface area contributed by atoms with Gasteiger partial charge in [-0.05, 0) is 37.5 Å². The lowest BCUT2D eigenvalue weighted by molar-refractivity contribution is 0.310. The van der Waals surface area contributed by atoms with Gasteiger partial charge >= 0.3 is 0 Å². The Hall–Kier alpha value is -1.18. The number of nitrogens with one attached hydrogen (secondary N) is 2. The normalized spacial score (nSPS) is 15.0. The summed E-state index contributed by atoms with van der Waals surface area (Å²) in [6.07, 6.45) is 5.09. The Kier molecular flexibility index (Phi) is 9.13. The summed E-state index contributed by atoms with van der Waals surface area (Å²) in [6.45, 7) is 3.30. The second-order valence-electron chi connectivity index (χ2n) is 5.47. The van der Waals surface area contributed by atoms with Crippen LogP contribution >= 0.6 is 24.0 Å². The highest BCUT2D eigenvalue weighted by Gasteiger charge is 2.15. The van der Waals surface area contributed by atoms with E-state index in [1.165, 1.54) is 25.7 Å². The first-order valence-electron chi connectivity index (χ1n) is 8.03. The van der Waals surface area contributed by atoms with Crippen LogP contribution < -0.4 is 20.1 Å². The van der Waals surface area contributed by atoms with E-state index in [4.69, 9.17) is 9.47 Å². The summed E-state index contributed by atoms with van der Waals surface area (Å²) in [5.74, 6) is 2.40. The molecule has 6 heteroatoms. The Balaban J connectivity index is 0.00000264. The second-order valence-corrected chi connectivity index (χ2v) is 5.47. The van der Waals surface area contributed by atoms with Crippen molar-refractivity contribution in [1.29, 1.82) is 0 Å². The maximum absolute atomic E-state index is 5.54. The molecule has 1 saturated carbocycles. The molecule has 0 amide bonds. The van der Waals surface area contributed by atoms with Crippen LogP contribution in [0.2, 0.25) is 0 Å². The molecule has 5 nitrogen and oxygen atoms in total. The Bertz CT molecular complexity index is 503. The number of halogens is 1. The highest BCUT2D eigenvalue weighted by Crippen LogP contribution is 2.27. The fourth-order valence-electron chi connectivity index (χ4n) is 2.74. The van der Waals surface area contributed by atoms with Crippen molar-refractivity contribution in [1.82, 2.24) is 10.6 Å². The molecule has 0 aliphatic heterocycles. The summed E-state index contributed by atoms with van der Waals surface area (Å²) in [7, 11) is 3.47. The fraction of sp³-hybridized carbons (Fsp3) is 0.588. The van der Waals surface area contributed by atoms with E-state index < -0.39 is 0 Å². The van der Waals surface area contributed by atoms with Crippen molar-refractivity contribution in [3.8, 4) is 11.5 Å². The van der Waals surface area contributed by atoms with Crippen molar-refractivity contribution in [2.45, 2.75) is 45.2 Å². The molecular weight excluding hydrogens is 405 g/mol. The predicted molar refractivity (Wildman–Crippen MR) is 105 cm³/mol. The van der Waals surface area contributed by atoms with Gasteiger partial charge in [-0.15, -0.1) is 24.0 Å². The third kappa shape index (κ3) is 6.08. The second kappa shape index (κ2) is 10.6. The predicted octanol–water partition coefficient (Wildman–Crippen LogP) is 3.32. The van der Waals surface area contributed by atoms with Crippen LogP contribution in [0.5, 0.6) is 11.5 Å². The quantitative estimate of drug-likeness (QED) is 0.411. The van der Waals surface area contributed by atoms with Gasteiger partial charge < -0.3 is 20.1 Å². The van der Waals surface area contributed by atoms with E-state index in [2.05, 4.69) is 15.6 Å². The zero-order valence-electron chi connectivity index (χ0n) is 14.2. The molecule has 0 radical (unpaired) electrons. The average molecular weight is 433 g/mol. The number of rotatable bonds is 6. The molecule has 1 aromatic carbocycles. The number of hydrogen-bond acceptors (Lipinski definition) is 3. The number of benzene rings is 1. The van der Waals surface area contributed by atoms with Gasteiger partial charge in [0.05, 0.1) is 13.7 Å². The van der Waals surface area contributed by atoms with Crippen LogP contribution in [0.15, 0.2) is 23.2 Å². The van der Waals surface area contributed by atoms with Gasteiger partial charge in [-0.25, -0.2) is 0 Å². The van der Waals surface area contributed by atoms with Crippen LogP contribution in [0.4, 0.5) is 0 Å². The van der Waals surface area contributed by atoms with Crippen LogP contribution in [0, 0.1) is 0 Å². The first-order valence-corrected chi connectivity index (χ1v) is 8.03. The van der Waals surface area contributed by atoms with Crippen molar-refractivity contribution in [2.24, 2.45) is 4.99 Å². The lowest BCUT2D eigenvalue weighted by atomic mass is 10.2. The molecule has 2 rings (SSSR count). The fourth-order valence-corrected chi connectivity index (χ4v) is 2.74. The molecule has 130 valence electrons. The van der Waals surface area contributed by atoms with Gasteiger partial charge in [0.1, 0.15) is 0 Å². The minimum Gasteiger partial charge on any atom is -0.493 e. The van der Waals surface area contributed by atoms with Crippen LogP contribution in [-0.4, -0.2) is 32.8 Å². The molecule has 0 bridgehead atoms. The monoisotopic (exact) mass is 433 g/mol. The van der Waals surface area contributed by atoms with E-state index in [0.717, 1.165) is 23.0 Å². The zero-order chi connectivity index (χ0) is 15.8. The van der Waals surface area contributed by atoms with Crippen molar-refractivity contribution < 1.29 is 9.47 Å². The molecule has 2 N–H and O–H groups in total. The number of guanidine groups is 1. The zero-order valence-corrected chi connectivity index (χ0v) is 16.6. The van der Waals surface area contributed by atoms with Crippen molar-refractivity contribution in [3.05, 3.63) is 23.8 Å². The van der Waals surface area contributed by atoms with E-state index in [1.807, 2.05) is 32.2 Å². The standard InChI is InChI=1S/C17H27N3O2.HI/c1-4-22-15-10-9-13(11-16(15)21-3)12-19-17(18-2)20-14-7-5-6-8-14;/h9-11,14H,4-8,12H2,1-3H3,(H2,18,19,20);1H. The van der Waals surface area contributed by atoms with Crippen LogP contribution in [-0.2, 0) is 6.54 Å². The molecule has 0 heterocycles. The number of hydrogen-bond donors (Lipinski definition) is 2. The Labute approximate surface area is 156 Å². The maximum Gasteiger partial charge on any atom is 0.191 e. The summed E-state index contributed by atoms with van der Waals surface area (Å²) in [5, 5.41) is 6.84. The van der Waals surface area contributed by atoms with Gasteiger partial charge in [-0.3, -0.25) is 4.99 Å². The molecule has 1 aliphatic carbocycles. The number of methoxy groups -OCH3 is 1. The van der Waals surface area contributed by atoms with E-state index in [-0.39, 0.29) is 24.0 Å². The first kappa shape index (κ1) is 19.9. The number of ether oxygens (including phenoxy) is 2. The largest absolute Gasteiger partial charge is 0.493 e. The van der Waals surface area contributed by atoms with Gasteiger partial charge in [0.15, 0.2) is 17.5 Å². The van der Waals surface area contributed by atoms with Gasteiger partial charge in [-0.1, -0.05) is 18.9 Å². The third-order valence-electron chi connectivity index (χ3n) is 3.91. The number of aliphatic imine (C=N–C) groups is 1. The molecule has 0 spiro atoms. The topological polar surface area (TPSA) is 54.9 Å². The SMILES string of the molecule is CCOc1ccc(CNC(=NC)NC2CCCC2)cc1OC.I. The molecular formula is C17H28IN3O2. The molecule has 0 saturated heterocycles. The summed E-state index contributed by atoms with van der Waals surface area (Å²) >= 11 is 0. The van der Waals surface area contributed by atoms with Gasteiger partial charge in [0.2, 0.25) is 0 Å². The Morgan fingerprint density at radius 3 is 2.61 bits per heavy atom. The van der Waals surface area contributed by atoms with Gasteiger partial charge in [0, 0.05) is 19.6 Å². The molecule has 1 aromatic rings. The smallest absolute Gasteiger partial charge is 0.191 e. The Morgan fingerprint density at radius 2 is 2.00 bits per heavy atom. The van der Waals surface area contributed by atoms with E-state index in [0.29, 0.717) is 19.2 Å². The molecule has 1 fully saturated rings. The highest BCUT2D eigenvalue weighted by molar-refractivity contribution is 14.0. The summed E-state index contributed by atoms with van der Waals surface area (Å²) in [4.78, 5) is 4.29. The Morgan fingerprint density at radius 1 is 1.26 bits per heavy atom. The molecule has 0 atom stereocenters. The van der Waals surface area contributed by atoms with E-state index in [1.54, 1.807) is 7.11 Å². The number of nitrogens with zero attached hydrogens (tertiary/aromatic N) is 1. The molecule has 0 unspecified atom stereocenters.